The average molecular weight is 369 g/mol. The van der Waals surface area contributed by atoms with Gasteiger partial charge in [0.05, 0.1) is 11.6 Å². The third kappa shape index (κ3) is 2.42. The SMILES string of the molecule is O=c1c2cc(Br)ccc2cnn1-c1cccc(-c2ncn[nH]2)n1. The first-order valence-electron chi connectivity index (χ1n) is 6.73. The zero-order chi connectivity index (χ0) is 15.8. The summed E-state index contributed by atoms with van der Waals surface area (Å²) >= 11 is 3.38. The minimum Gasteiger partial charge on any atom is -0.267 e. The Kier molecular flexibility index (Phi) is 3.23. The molecule has 0 fully saturated rings. The molecule has 8 heteroatoms. The van der Waals surface area contributed by atoms with Crippen LogP contribution in [0.25, 0.3) is 28.1 Å². The minimum absolute atomic E-state index is 0.231. The van der Waals surface area contributed by atoms with Gasteiger partial charge in [0.2, 0.25) is 0 Å². The van der Waals surface area contributed by atoms with Crippen molar-refractivity contribution in [1.29, 1.82) is 0 Å². The molecule has 0 amide bonds. The Balaban J connectivity index is 1.91. The Bertz CT molecular complexity index is 1060. The summed E-state index contributed by atoms with van der Waals surface area (Å²) in [6.07, 6.45) is 3.05. The molecule has 3 heterocycles. The lowest BCUT2D eigenvalue weighted by atomic mass is 10.2. The molecule has 0 bridgehead atoms. The molecule has 0 radical (unpaired) electrons. The van der Waals surface area contributed by atoms with E-state index in [2.05, 4.69) is 41.2 Å². The number of rotatable bonds is 2. The number of hydrogen-bond donors (Lipinski definition) is 1. The normalized spacial score (nSPS) is 11.0. The van der Waals surface area contributed by atoms with E-state index in [1.165, 1.54) is 11.0 Å². The summed E-state index contributed by atoms with van der Waals surface area (Å²) in [6.45, 7) is 0. The molecule has 112 valence electrons. The van der Waals surface area contributed by atoms with E-state index in [9.17, 15) is 4.79 Å². The average Bonchev–Trinajstić information content (AvgIpc) is 3.10. The number of nitrogens with one attached hydrogen (secondary N) is 1. The van der Waals surface area contributed by atoms with Gasteiger partial charge in [-0.25, -0.2) is 9.97 Å². The van der Waals surface area contributed by atoms with Crippen molar-refractivity contribution in [2.75, 3.05) is 0 Å². The van der Waals surface area contributed by atoms with Gasteiger partial charge in [-0.05, 0) is 24.3 Å². The summed E-state index contributed by atoms with van der Waals surface area (Å²) in [7, 11) is 0. The van der Waals surface area contributed by atoms with E-state index in [-0.39, 0.29) is 5.56 Å². The van der Waals surface area contributed by atoms with Crippen molar-refractivity contribution in [2.24, 2.45) is 0 Å². The molecule has 4 aromatic rings. The zero-order valence-corrected chi connectivity index (χ0v) is 13.2. The van der Waals surface area contributed by atoms with E-state index in [1.54, 1.807) is 30.5 Å². The standard InChI is InChI=1S/C15H9BrN6O/c16-10-5-4-9-7-19-22(15(23)11(9)6-10)13-3-1-2-12(20-13)14-17-8-18-21-14/h1-8H,(H,17,18,21). The summed E-state index contributed by atoms with van der Waals surface area (Å²) in [4.78, 5) is 21.2. The number of H-pyrrole nitrogens is 1. The Labute approximate surface area is 138 Å². The number of pyridine rings is 1. The van der Waals surface area contributed by atoms with Crippen LogP contribution in [0.15, 0.2) is 58.2 Å². The first-order valence-corrected chi connectivity index (χ1v) is 7.52. The van der Waals surface area contributed by atoms with Gasteiger partial charge in [0.25, 0.3) is 5.56 Å². The Hall–Kier alpha value is -2.87. The third-order valence-corrected chi connectivity index (χ3v) is 3.85. The second kappa shape index (κ2) is 5.40. The fraction of sp³-hybridized carbons (Fsp3) is 0. The number of nitrogens with zero attached hydrogens (tertiary/aromatic N) is 5. The van der Waals surface area contributed by atoms with E-state index < -0.39 is 0 Å². The zero-order valence-electron chi connectivity index (χ0n) is 11.6. The molecule has 7 nitrogen and oxygen atoms in total. The second-order valence-electron chi connectivity index (χ2n) is 4.81. The lowest BCUT2D eigenvalue weighted by molar-refractivity contribution is 0.794. The van der Waals surface area contributed by atoms with Crippen molar-refractivity contribution in [1.82, 2.24) is 29.9 Å². The molecular weight excluding hydrogens is 360 g/mol. The monoisotopic (exact) mass is 368 g/mol. The Morgan fingerprint density at radius 1 is 1.17 bits per heavy atom. The van der Waals surface area contributed by atoms with Gasteiger partial charge < -0.3 is 0 Å². The predicted molar refractivity (Wildman–Crippen MR) is 88.2 cm³/mol. The van der Waals surface area contributed by atoms with E-state index in [4.69, 9.17) is 0 Å². The molecule has 0 aliphatic rings. The van der Waals surface area contributed by atoms with Crippen molar-refractivity contribution in [3.63, 3.8) is 0 Å². The van der Waals surface area contributed by atoms with Crippen LogP contribution in [0, 0.1) is 0 Å². The van der Waals surface area contributed by atoms with Gasteiger partial charge in [-0.3, -0.25) is 9.89 Å². The van der Waals surface area contributed by atoms with Gasteiger partial charge in [0.1, 0.15) is 12.0 Å². The quantitative estimate of drug-likeness (QED) is 0.586. The van der Waals surface area contributed by atoms with Crippen LogP contribution in [0.5, 0.6) is 0 Å². The van der Waals surface area contributed by atoms with E-state index in [0.717, 1.165) is 9.86 Å². The molecule has 0 saturated carbocycles. The van der Waals surface area contributed by atoms with Gasteiger partial charge >= 0.3 is 0 Å². The van der Waals surface area contributed by atoms with Gasteiger partial charge in [0, 0.05) is 9.86 Å². The number of aromatic nitrogens is 6. The molecular formula is C15H9BrN6O. The maximum atomic E-state index is 12.7. The number of aromatic amines is 1. The molecule has 23 heavy (non-hydrogen) atoms. The van der Waals surface area contributed by atoms with Crippen LogP contribution in [0.3, 0.4) is 0 Å². The number of hydrogen-bond acceptors (Lipinski definition) is 5. The van der Waals surface area contributed by atoms with Gasteiger partial charge in [-0.1, -0.05) is 28.1 Å². The van der Waals surface area contributed by atoms with Crippen LogP contribution in [0.4, 0.5) is 0 Å². The molecule has 0 unspecified atom stereocenters. The highest BCUT2D eigenvalue weighted by Crippen LogP contribution is 2.17. The number of fused-ring (bicyclic) bond motifs is 1. The maximum absolute atomic E-state index is 12.7. The lowest BCUT2D eigenvalue weighted by Gasteiger charge is -2.06. The molecule has 0 aliphatic heterocycles. The summed E-state index contributed by atoms with van der Waals surface area (Å²) in [5, 5.41) is 12.1. The summed E-state index contributed by atoms with van der Waals surface area (Å²) in [5.74, 6) is 0.953. The van der Waals surface area contributed by atoms with E-state index in [1.807, 2.05) is 12.1 Å². The lowest BCUT2D eigenvalue weighted by Crippen LogP contribution is -2.22. The maximum Gasteiger partial charge on any atom is 0.280 e. The van der Waals surface area contributed by atoms with Gasteiger partial charge in [-0.2, -0.15) is 14.9 Å². The van der Waals surface area contributed by atoms with E-state index in [0.29, 0.717) is 22.7 Å². The molecule has 1 N–H and O–H groups in total. The van der Waals surface area contributed by atoms with Gasteiger partial charge in [-0.15, -0.1) is 0 Å². The van der Waals surface area contributed by atoms with Gasteiger partial charge in [0.15, 0.2) is 11.6 Å². The van der Waals surface area contributed by atoms with E-state index >= 15 is 0 Å². The second-order valence-corrected chi connectivity index (χ2v) is 5.72. The molecule has 0 saturated heterocycles. The summed E-state index contributed by atoms with van der Waals surface area (Å²) < 4.78 is 2.11. The molecule has 3 aromatic heterocycles. The topological polar surface area (TPSA) is 89.4 Å². The van der Waals surface area contributed by atoms with Crippen molar-refractivity contribution >= 4 is 26.7 Å². The van der Waals surface area contributed by atoms with Crippen LogP contribution in [0.1, 0.15) is 0 Å². The summed E-state index contributed by atoms with van der Waals surface area (Å²) in [5.41, 5.74) is 0.356. The van der Waals surface area contributed by atoms with Crippen molar-refractivity contribution in [3.8, 4) is 17.3 Å². The van der Waals surface area contributed by atoms with Crippen LogP contribution in [-0.2, 0) is 0 Å². The Morgan fingerprint density at radius 2 is 2.09 bits per heavy atom. The van der Waals surface area contributed by atoms with Crippen LogP contribution >= 0.6 is 15.9 Å². The molecule has 0 atom stereocenters. The first-order chi connectivity index (χ1) is 11.2. The van der Waals surface area contributed by atoms with Crippen molar-refractivity contribution < 1.29 is 0 Å². The van der Waals surface area contributed by atoms with Crippen LogP contribution in [-0.4, -0.2) is 29.9 Å². The molecule has 0 spiro atoms. The highest BCUT2D eigenvalue weighted by atomic mass is 79.9. The largest absolute Gasteiger partial charge is 0.280 e. The first kappa shape index (κ1) is 13.8. The van der Waals surface area contributed by atoms with Crippen LogP contribution in [0.2, 0.25) is 0 Å². The van der Waals surface area contributed by atoms with Crippen LogP contribution < -0.4 is 5.56 Å². The molecule has 4 rings (SSSR count). The fourth-order valence-corrected chi connectivity index (χ4v) is 2.64. The Morgan fingerprint density at radius 3 is 2.91 bits per heavy atom. The van der Waals surface area contributed by atoms with Crippen molar-refractivity contribution in [3.05, 3.63) is 63.7 Å². The molecule has 0 aliphatic carbocycles. The number of halogens is 1. The molecule has 1 aromatic carbocycles. The predicted octanol–water partition coefficient (Wildman–Crippen LogP) is 2.33. The minimum atomic E-state index is -0.231. The third-order valence-electron chi connectivity index (χ3n) is 3.36. The summed E-state index contributed by atoms with van der Waals surface area (Å²) in [6, 6.07) is 10.8. The number of benzene rings is 1. The highest BCUT2D eigenvalue weighted by molar-refractivity contribution is 9.10. The fourth-order valence-electron chi connectivity index (χ4n) is 2.28. The van der Waals surface area contributed by atoms with Crippen molar-refractivity contribution in [2.45, 2.75) is 0 Å². The highest BCUT2D eigenvalue weighted by Gasteiger charge is 2.10. The smallest absolute Gasteiger partial charge is 0.267 e.